The number of hydrogen-bond donors (Lipinski definition) is 2. The largest absolute Gasteiger partial charge is 1.00 e. The van der Waals surface area contributed by atoms with Crippen molar-refractivity contribution >= 4 is 11.6 Å². The molecule has 2 N–H and O–H groups in total. The van der Waals surface area contributed by atoms with E-state index >= 15 is 0 Å². The number of nitrogens with zero attached hydrogens (tertiary/aromatic N) is 1. The highest BCUT2D eigenvalue weighted by molar-refractivity contribution is 5.91. The minimum atomic E-state index is -0.00819. The molecule has 19 heavy (non-hydrogen) atoms. The maximum atomic E-state index is 12.0. The molecule has 0 fully saturated rings. The van der Waals surface area contributed by atoms with Crippen molar-refractivity contribution in [2.75, 3.05) is 31.5 Å². The van der Waals surface area contributed by atoms with Crippen molar-refractivity contribution in [2.45, 2.75) is 20.8 Å². The summed E-state index contributed by atoms with van der Waals surface area (Å²) < 4.78 is 0.782. The highest BCUT2D eigenvalue weighted by Gasteiger charge is 2.24. The molecule has 0 bridgehead atoms. The lowest BCUT2D eigenvalue weighted by molar-refractivity contribution is -0.915. The number of nitrogens with one attached hydrogen (secondary N) is 1. The second kappa shape index (κ2) is 8.02. The Kier molecular flexibility index (Phi) is 7.49. The van der Waals surface area contributed by atoms with E-state index in [0.29, 0.717) is 12.2 Å². The summed E-state index contributed by atoms with van der Waals surface area (Å²) in [4.78, 5) is 12.0. The number of carbonyl (C=O) groups is 1. The molecule has 0 spiro atoms. The molecule has 0 aliphatic carbocycles. The van der Waals surface area contributed by atoms with Crippen molar-refractivity contribution in [2.24, 2.45) is 0 Å². The average molecular weight is 287 g/mol. The summed E-state index contributed by atoms with van der Waals surface area (Å²) in [6.45, 7) is 9.62. The predicted octanol–water partition coefficient (Wildman–Crippen LogP) is -0.789. The van der Waals surface area contributed by atoms with E-state index in [1.807, 2.05) is 0 Å². The van der Waals surface area contributed by atoms with E-state index in [1.165, 1.54) is 0 Å². The summed E-state index contributed by atoms with van der Waals surface area (Å²) in [6, 6.07) is 6.62. The molecule has 0 heterocycles. The van der Waals surface area contributed by atoms with Gasteiger partial charge in [0.1, 0.15) is 5.75 Å². The van der Waals surface area contributed by atoms with Gasteiger partial charge in [0.15, 0.2) is 6.54 Å². The van der Waals surface area contributed by atoms with Crippen LogP contribution in [0.5, 0.6) is 5.75 Å². The van der Waals surface area contributed by atoms with E-state index in [1.54, 1.807) is 24.3 Å². The van der Waals surface area contributed by atoms with Gasteiger partial charge in [-0.25, -0.2) is 0 Å². The molecule has 0 aromatic heterocycles. The molecule has 0 unspecified atom stereocenters. The van der Waals surface area contributed by atoms with Gasteiger partial charge in [-0.3, -0.25) is 4.79 Å². The molecule has 1 amide bonds. The first kappa shape index (κ1) is 17.7. The highest BCUT2D eigenvalue weighted by Crippen LogP contribution is 2.15. The van der Waals surface area contributed by atoms with Gasteiger partial charge in [-0.1, -0.05) is 6.07 Å². The molecule has 1 aromatic rings. The summed E-state index contributed by atoms with van der Waals surface area (Å²) in [6.07, 6.45) is 0. The topological polar surface area (TPSA) is 49.3 Å². The van der Waals surface area contributed by atoms with Crippen LogP contribution in [0.3, 0.4) is 0 Å². The highest BCUT2D eigenvalue weighted by atomic mass is 35.5. The van der Waals surface area contributed by atoms with E-state index in [4.69, 9.17) is 0 Å². The monoisotopic (exact) mass is 286 g/mol. The Balaban J connectivity index is 0.00000324. The third kappa shape index (κ3) is 5.09. The fourth-order valence-corrected chi connectivity index (χ4v) is 2.10. The van der Waals surface area contributed by atoms with Crippen LogP contribution < -0.4 is 17.7 Å². The smallest absolute Gasteiger partial charge is 0.279 e. The number of phenolic OH excluding ortho intramolecular Hbond substituents is 1. The molecule has 5 heteroatoms. The lowest BCUT2D eigenvalue weighted by Gasteiger charge is -2.34. The van der Waals surface area contributed by atoms with Crippen LogP contribution in [0.15, 0.2) is 24.3 Å². The molecule has 1 rings (SSSR count). The second-order valence-electron chi connectivity index (χ2n) is 4.55. The number of likely N-dealkylation sites (N-methyl/N-ethyl adjacent to an activating group) is 1. The first-order valence-corrected chi connectivity index (χ1v) is 6.49. The zero-order chi connectivity index (χ0) is 13.6. The molecule has 0 radical (unpaired) electrons. The minimum absolute atomic E-state index is 0. The molecule has 0 aliphatic heterocycles. The van der Waals surface area contributed by atoms with E-state index in [0.717, 1.165) is 24.1 Å². The zero-order valence-electron chi connectivity index (χ0n) is 11.8. The first-order chi connectivity index (χ1) is 8.55. The van der Waals surface area contributed by atoms with Gasteiger partial charge < -0.3 is 27.3 Å². The quantitative estimate of drug-likeness (QED) is 0.674. The molecule has 0 aliphatic rings. The van der Waals surface area contributed by atoms with Crippen molar-refractivity contribution in [1.82, 2.24) is 0 Å². The minimum Gasteiger partial charge on any atom is -1.00 e. The normalized spacial score (nSPS) is 10.7. The number of quaternary nitrogens is 1. The van der Waals surface area contributed by atoms with Gasteiger partial charge in [-0.05, 0) is 32.9 Å². The van der Waals surface area contributed by atoms with Gasteiger partial charge in [0.05, 0.1) is 19.6 Å². The molecular weight excluding hydrogens is 264 g/mol. The molecule has 4 nitrogen and oxygen atoms in total. The van der Waals surface area contributed by atoms with E-state index in [2.05, 4.69) is 26.1 Å². The third-order valence-electron chi connectivity index (χ3n) is 3.62. The number of rotatable bonds is 6. The Labute approximate surface area is 121 Å². The van der Waals surface area contributed by atoms with Crippen LogP contribution in [0.4, 0.5) is 5.69 Å². The molecule has 108 valence electrons. The van der Waals surface area contributed by atoms with E-state index in [9.17, 15) is 9.90 Å². The lowest BCUT2D eigenvalue weighted by atomic mass is 10.3. The van der Waals surface area contributed by atoms with Crippen LogP contribution in [0.2, 0.25) is 0 Å². The number of halogens is 1. The standard InChI is InChI=1S/C14H22N2O2.ClH/c1-4-16(5-2,6-3)11-14(18)15-12-8-7-9-13(17)10-12;/h7-10H,4-6,11H2,1-3H3,(H-,15,17,18);1H. The van der Waals surface area contributed by atoms with Crippen molar-refractivity contribution in [1.29, 1.82) is 0 Å². The Morgan fingerprint density at radius 3 is 2.26 bits per heavy atom. The van der Waals surface area contributed by atoms with Crippen LogP contribution >= 0.6 is 0 Å². The molecule has 0 saturated carbocycles. The summed E-state index contributed by atoms with van der Waals surface area (Å²) >= 11 is 0. The van der Waals surface area contributed by atoms with Gasteiger partial charge in [-0.2, -0.15) is 0 Å². The summed E-state index contributed by atoms with van der Waals surface area (Å²) in [7, 11) is 0. The first-order valence-electron chi connectivity index (χ1n) is 6.49. The number of hydrogen-bond acceptors (Lipinski definition) is 2. The van der Waals surface area contributed by atoms with Crippen molar-refractivity contribution < 1.29 is 26.8 Å². The molecule has 1 aromatic carbocycles. The maximum Gasteiger partial charge on any atom is 0.279 e. The van der Waals surface area contributed by atoms with Crippen LogP contribution in [0.25, 0.3) is 0 Å². The number of anilines is 1. The summed E-state index contributed by atoms with van der Waals surface area (Å²) in [5.41, 5.74) is 0.640. The third-order valence-corrected chi connectivity index (χ3v) is 3.62. The predicted molar refractivity (Wildman–Crippen MR) is 73.5 cm³/mol. The van der Waals surface area contributed by atoms with Gasteiger partial charge >= 0.3 is 0 Å². The fraction of sp³-hybridized carbons (Fsp3) is 0.500. The Hall–Kier alpha value is -1.26. The number of benzene rings is 1. The van der Waals surface area contributed by atoms with Gasteiger partial charge in [0.2, 0.25) is 0 Å². The van der Waals surface area contributed by atoms with Crippen LogP contribution in [0, 0.1) is 0 Å². The summed E-state index contributed by atoms with van der Waals surface area (Å²) in [5, 5.41) is 12.2. The van der Waals surface area contributed by atoms with Gasteiger partial charge in [-0.15, -0.1) is 0 Å². The van der Waals surface area contributed by atoms with Gasteiger partial charge in [0, 0.05) is 11.8 Å². The van der Waals surface area contributed by atoms with E-state index < -0.39 is 0 Å². The van der Waals surface area contributed by atoms with E-state index in [-0.39, 0.29) is 24.1 Å². The molecular formula is C14H23ClN2O2. The molecule has 0 saturated heterocycles. The van der Waals surface area contributed by atoms with Gasteiger partial charge in [0.25, 0.3) is 5.91 Å². The number of carbonyl (C=O) groups excluding carboxylic acids is 1. The number of phenols is 1. The van der Waals surface area contributed by atoms with Crippen LogP contribution in [-0.2, 0) is 4.79 Å². The number of aromatic hydroxyl groups is 1. The second-order valence-corrected chi connectivity index (χ2v) is 4.55. The fourth-order valence-electron chi connectivity index (χ4n) is 2.10. The zero-order valence-corrected chi connectivity index (χ0v) is 12.6. The SMILES string of the molecule is CC[N+](CC)(CC)CC(=O)Nc1cccc(O)c1.[Cl-]. The Bertz CT molecular complexity index is 398. The average Bonchev–Trinajstić information content (AvgIpc) is 2.36. The number of amides is 1. The Morgan fingerprint density at radius 1 is 1.21 bits per heavy atom. The maximum absolute atomic E-state index is 12.0. The van der Waals surface area contributed by atoms with Crippen molar-refractivity contribution in [3.63, 3.8) is 0 Å². The van der Waals surface area contributed by atoms with Crippen LogP contribution in [-0.4, -0.2) is 41.7 Å². The lowest BCUT2D eigenvalue weighted by Crippen LogP contribution is -3.00. The molecule has 0 atom stereocenters. The van der Waals surface area contributed by atoms with Crippen molar-refractivity contribution in [3.8, 4) is 5.75 Å². The summed E-state index contributed by atoms with van der Waals surface area (Å²) in [5.74, 6) is 0.154. The van der Waals surface area contributed by atoms with Crippen molar-refractivity contribution in [3.05, 3.63) is 24.3 Å². The van der Waals surface area contributed by atoms with Crippen LogP contribution in [0.1, 0.15) is 20.8 Å². The Morgan fingerprint density at radius 2 is 1.79 bits per heavy atom.